The van der Waals surface area contributed by atoms with E-state index in [-0.39, 0.29) is 23.3 Å². The fraction of sp³-hybridized carbons (Fsp3) is 0.409. The average Bonchev–Trinajstić information content (AvgIpc) is 3.16. The van der Waals surface area contributed by atoms with Gasteiger partial charge in [0.05, 0.1) is 28.1 Å². The first-order valence-corrected chi connectivity index (χ1v) is 13.1. The van der Waals surface area contributed by atoms with E-state index in [2.05, 4.69) is 5.32 Å². The van der Waals surface area contributed by atoms with E-state index in [9.17, 15) is 9.59 Å². The average molecular weight is 476 g/mol. The van der Waals surface area contributed by atoms with Gasteiger partial charge in [-0.1, -0.05) is 18.7 Å². The number of methoxy groups -OCH3 is 1. The minimum atomic E-state index is -0.0694. The molecule has 1 N–H and O–H groups in total. The highest BCUT2D eigenvalue weighted by molar-refractivity contribution is 8.01. The maximum absolute atomic E-state index is 13.7. The number of amides is 1. The Morgan fingerprint density at radius 2 is 2.13 bits per heavy atom. The van der Waals surface area contributed by atoms with Crippen LogP contribution in [0.25, 0.3) is 15.9 Å². The van der Waals surface area contributed by atoms with Gasteiger partial charge in [-0.2, -0.15) is 0 Å². The number of hydrogen-bond donors (Lipinski definition) is 1. The first kappa shape index (κ1) is 22.2. The van der Waals surface area contributed by atoms with Crippen LogP contribution in [0.15, 0.2) is 38.4 Å². The molecule has 0 saturated carbocycles. The summed E-state index contributed by atoms with van der Waals surface area (Å²) in [5.74, 6) is 1.94. The summed E-state index contributed by atoms with van der Waals surface area (Å²) in [5.41, 5.74) is 1.77. The lowest BCUT2D eigenvalue weighted by molar-refractivity contribution is -0.119. The molecule has 0 bridgehead atoms. The van der Waals surface area contributed by atoms with Crippen LogP contribution in [0.2, 0.25) is 0 Å². The number of thiophene rings is 1. The smallest absolute Gasteiger partial charge is 0.267 e. The quantitative estimate of drug-likeness (QED) is 0.401. The van der Waals surface area contributed by atoms with E-state index in [0.29, 0.717) is 10.8 Å². The van der Waals surface area contributed by atoms with E-state index in [0.717, 1.165) is 46.5 Å². The second-order valence-corrected chi connectivity index (χ2v) is 10.7. The molecule has 0 radical (unpaired) electrons. The lowest BCUT2D eigenvalue weighted by Gasteiger charge is -2.15. The van der Waals surface area contributed by atoms with Gasteiger partial charge in [-0.05, 0) is 61.8 Å². The molecule has 9 heteroatoms. The van der Waals surface area contributed by atoms with Crippen molar-refractivity contribution in [2.75, 3.05) is 18.6 Å². The molecule has 1 amide bonds. The molecular formula is C22H25N3O3S3. The monoisotopic (exact) mass is 475 g/mol. The van der Waals surface area contributed by atoms with Gasteiger partial charge in [0.15, 0.2) is 5.16 Å². The van der Waals surface area contributed by atoms with Crippen molar-refractivity contribution < 1.29 is 9.53 Å². The highest BCUT2D eigenvalue weighted by Crippen LogP contribution is 2.41. The Balaban J connectivity index is 1.78. The third-order valence-electron chi connectivity index (χ3n) is 5.24. The van der Waals surface area contributed by atoms with E-state index in [1.165, 1.54) is 16.0 Å². The molecule has 0 fully saturated rings. The molecule has 3 aromatic rings. The standard InChI is InChI=1S/C22H25N3O3S3/c1-4-13(2)23-17(26)12-30-22-24-19-18(16-6-5-11-29-21(16)31-19)20(27)25(22)14-7-9-15(28-3)10-8-14/h7-10,13H,4-6,11-12H2,1-3H3,(H,23,26)/t13-/m1/s1. The normalized spacial score (nSPS) is 14.3. The van der Waals surface area contributed by atoms with Crippen LogP contribution >= 0.6 is 34.9 Å². The zero-order chi connectivity index (χ0) is 22.0. The van der Waals surface area contributed by atoms with Crippen molar-refractivity contribution in [2.45, 2.75) is 48.5 Å². The number of nitrogens with one attached hydrogen (secondary N) is 1. The first-order chi connectivity index (χ1) is 15.0. The van der Waals surface area contributed by atoms with Crippen LogP contribution in [0.3, 0.4) is 0 Å². The van der Waals surface area contributed by atoms with E-state index in [1.807, 2.05) is 38.1 Å². The third kappa shape index (κ3) is 4.63. The molecule has 4 rings (SSSR count). The van der Waals surface area contributed by atoms with Crippen molar-refractivity contribution in [1.29, 1.82) is 0 Å². The van der Waals surface area contributed by atoms with E-state index in [4.69, 9.17) is 9.72 Å². The summed E-state index contributed by atoms with van der Waals surface area (Å²) in [6, 6.07) is 7.48. The van der Waals surface area contributed by atoms with Gasteiger partial charge in [0.2, 0.25) is 5.91 Å². The lowest BCUT2D eigenvalue weighted by Crippen LogP contribution is -2.33. The van der Waals surface area contributed by atoms with Gasteiger partial charge in [0.25, 0.3) is 5.56 Å². The van der Waals surface area contributed by atoms with Gasteiger partial charge < -0.3 is 10.1 Å². The van der Waals surface area contributed by atoms with Crippen LogP contribution in [0, 0.1) is 0 Å². The maximum Gasteiger partial charge on any atom is 0.267 e. The summed E-state index contributed by atoms with van der Waals surface area (Å²) >= 11 is 4.69. The summed E-state index contributed by atoms with van der Waals surface area (Å²) in [6.07, 6.45) is 2.85. The number of hydrogen-bond acceptors (Lipinski definition) is 7. The SMILES string of the molecule is CC[C@@H](C)NC(=O)CSc1nc2sc3c(c2c(=O)n1-c1ccc(OC)cc1)CCCS3. The number of rotatable bonds is 7. The largest absolute Gasteiger partial charge is 0.497 e. The Morgan fingerprint density at radius 1 is 1.35 bits per heavy atom. The third-order valence-corrected chi connectivity index (χ3v) is 8.71. The molecule has 0 spiro atoms. The number of ether oxygens (including phenoxy) is 1. The van der Waals surface area contributed by atoms with Crippen LogP contribution in [-0.4, -0.2) is 40.1 Å². The Labute approximate surface area is 193 Å². The Bertz CT molecular complexity index is 1150. The minimum Gasteiger partial charge on any atom is -0.497 e. The Morgan fingerprint density at radius 3 is 2.84 bits per heavy atom. The fourth-order valence-electron chi connectivity index (χ4n) is 3.43. The van der Waals surface area contributed by atoms with Gasteiger partial charge in [0, 0.05) is 6.04 Å². The van der Waals surface area contributed by atoms with Gasteiger partial charge >= 0.3 is 0 Å². The highest BCUT2D eigenvalue weighted by atomic mass is 32.2. The van der Waals surface area contributed by atoms with Crippen LogP contribution in [0.4, 0.5) is 0 Å². The van der Waals surface area contributed by atoms with Gasteiger partial charge in [-0.25, -0.2) is 4.98 Å². The van der Waals surface area contributed by atoms with Gasteiger partial charge in [0.1, 0.15) is 10.6 Å². The minimum absolute atomic E-state index is 0.0593. The number of aromatic nitrogens is 2. The van der Waals surface area contributed by atoms with Crippen LogP contribution < -0.4 is 15.6 Å². The lowest BCUT2D eigenvalue weighted by atomic mass is 10.1. The number of carbonyl (C=O) groups excluding carboxylic acids is 1. The number of aryl methyl sites for hydroxylation is 1. The molecule has 164 valence electrons. The second-order valence-electron chi connectivity index (χ2n) is 7.40. The number of thioether (sulfide) groups is 2. The topological polar surface area (TPSA) is 73.2 Å². The molecule has 1 aliphatic rings. The molecule has 6 nitrogen and oxygen atoms in total. The second kappa shape index (κ2) is 9.67. The number of benzene rings is 1. The predicted molar refractivity (Wildman–Crippen MR) is 129 cm³/mol. The van der Waals surface area contributed by atoms with Crippen molar-refractivity contribution in [3.05, 3.63) is 40.2 Å². The van der Waals surface area contributed by atoms with Crippen molar-refractivity contribution in [2.24, 2.45) is 0 Å². The molecule has 1 atom stereocenters. The highest BCUT2D eigenvalue weighted by Gasteiger charge is 2.23. The maximum atomic E-state index is 13.7. The Hall–Kier alpha value is -1.97. The summed E-state index contributed by atoms with van der Waals surface area (Å²) in [5, 5.41) is 4.23. The molecule has 1 aromatic carbocycles. The van der Waals surface area contributed by atoms with Gasteiger partial charge in [-0.3, -0.25) is 14.2 Å². The molecule has 31 heavy (non-hydrogen) atoms. The first-order valence-electron chi connectivity index (χ1n) is 10.3. The van der Waals surface area contributed by atoms with E-state index >= 15 is 0 Å². The summed E-state index contributed by atoms with van der Waals surface area (Å²) in [7, 11) is 1.61. The molecule has 3 heterocycles. The van der Waals surface area contributed by atoms with Crippen LogP contribution in [0.1, 0.15) is 32.3 Å². The molecule has 0 saturated heterocycles. The zero-order valence-electron chi connectivity index (χ0n) is 17.8. The predicted octanol–water partition coefficient (Wildman–Crippen LogP) is 4.50. The molecule has 1 aliphatic heterocycles. The zero-order valence-corrected chi connectivity index (χ0v) is 20.2. The van der Waals surface area contributed by atoms with Crippen molar-refractivity contribution in [3.8, 4) is 11.4 Å². The summed E-state index contributed by atoms with van der Waals surface area (Å²) in [6.45, 7) is 4.01. The molecule has 0 unspecified atom stereocenters. The Kier molecular flexibility index (Phi) is 6.93. The molecular weight excluding hydrogens is 450 g/mol. The fourth-order valence-corrected chi connectivity index (χ4v) is 6.83. The van der Waals surface area contributed by atoms with Crippen LogP contribution in [0.5, 0.6) is 5.75 Å². The number of carbonyl (C=O) groups is 1. The van der Waals surface area contributed by atoms with Crippen LogP contribution in [-0.2, 0) is 11.2 Å². The number of fused-ring (bicyclic) bond motifs is 3. The van der Waals surface area contributed by atoms with E-state index in [1.54, 1.807) is 34.8 Å². The summed E-state index contributed by atoms with van der Waals surface area (Å²) < 4.78 is 8.09. The van der Waals surface area contributed by atoms with Crippen molar-refractivity contribution in [3.63, 3.8) is 0 Å². The van der Waals surface area contributed by atoms with Crippen molar-refractivity contribution >= 4 is 51.0 Å². The van der Waals surface area contributed by atoms with Gasteiger partial charge in [-0.15, -0.1) is 23.1 Å². The van der Waals surface area contributed by atoms with E-state index < -0.39 is 0 Å². The summed E-state index contributed by atoms with van der Waals surface area (Å²) in [4.78, 5) is 31.7. The molecule has 0 aliphatic carbocycles. The molecule has 2 aromatic heterocycles. The number of nitrogens with zero attached hydrogens (tertiary/aromatic N) is 2. The van der Waals surface area contributed by atoms with Crippen molar-refractivity contribution in [1.82, 2.24) is 14.9 Å².